The number of hydrogen-bond donors (Lipinski definition) is 0. The molecule has 5 aliphatic rings. The van der Waals surface area contributed by atoms with Crippen LogP contribution in [0.3, 0.4) is 0 Å². The van der Waals surface area contributed by atoms with E-state index in [0.717, 1.165) is 30.5 Å². The molecule has 2 aliphatic carbocycles. The van der Waals surface area contributed by atoms with E-state index in [4.69, 9.17) is 0 Å². The molecule has 0 spiro atoms. The summed E-state index contributed by atoms with van der Waals surface area (Å²) in [6, 6.07) is 0.547. The highest BCUT2D eigenvalue weighted by Gasteiger charge is 2.38. The Kier molecular flexibility index (Phi) is 4.23. The van der Waals surface area contributed by atoms with Gasteiger partial charge in [-0.05, 0) is 57.3 Å². The van der Waals surface area contributed by atoms with Crippen LogP contribution in [0.4, 0.5) is 0 Å². The van der Waals surface area contributed by atoms with Gasteiger partial charge in [-0.15, -0.1) is 0 Å². The van der Waals surface area contributed by atoms with Crippen molar-refractivity contribution in [1.29, 1.82) is 0 Å². The molecule has 0 unspecified atom stereocenters. The fourth-order valence-corrected chi connectivity index (χ4v) is 4.98. The molecule has 1 amide bonds. The lowest BCUT2D eigenvalue weighted by Crippen LogP contribution is -2.47. The molecular weight excluding hydrogens is 324 g/mol. The number of nitrogens with zero attached hydrogens (tertiary/aromatic N) is 4. The molecular formula is C21H30N4O. The second-order valence-corrected chi connectivity index (χ2v) is 9.06. The van der Waals surface area contributed by atoms with Crippen molar-refractivity contribution in [1.82, 2.24) is 19.8 Å². The van der Waals surface area contributed by atoms with Crippen LogP contribution in [-0.2, 0) is 0 Å². The maximum Gasteiger partial charge on any atom is 0.257 e. The van der Waals surface area contributed by atoms with Gasteiger partial charge in [0.1, 0.15) is 5.82 Å². The summed E-state index contributed by atoms with van der Waals surface area (Å²) in [6.45, 7) is 6.19. The van der Waals surface area contributed by atoms with Gasteiger partial charge in [0.15, 0.2) is 0 Å². The molecule has 2 atom stereocenters. The molecule has 140 valence electrons. The van der Waals surface area contributed by atoms with E-state index in [-0.39, 0.29) is 5.91 Å². The highest BCUT2D eigenvalue weighted by Crippen LogP contribution is 2.38. The van der Waals surface area contributed by atoms with Gasteiger partial charge in [0, 0.05) is 44.3 Å². The van der Waals surface area contributed by atoms with Crippen LogP contribution < -0.4 is 0 Å². The fourth-order valence-electron chi connectivity index (χ4n) is 4.98. The number of piperidine rings is 1. The third kappa shape index (κ3) is 3.15. The Morgan fingerprint density at radius 3 is 2.65 bits per heavy atom. The Morgan fingerprint density at radius 1 is 1.12 bits per heavy atom. The van der Waals surface area contributed by atoms with Crippen LogP contribution in [0.2, 0.25) is 0 Å². The normalized spacial score (nSPS) is 29.5. The second-order valence-electron chi connectivity index (χ2n) is 9.06. The average Bonchev–Trinajstić information content (AvgIpc) is 3.44. The standard InChI is InChI=1S/C21H30N4O/c1-14-19(9-22-20(23-14)17-6-7-17)21(26)25-12-16-5-8-18(13-25)24(11-16)10-15-3-2-4-15/h9,15-18H,2-8,10-13H2,1H3/t16-,18-/m0/s1. The number of hydrogen-bond acceptors (Lipinski definition) is 4. The minimum absolute atomic E-state index is 0.146. The van der Waals surface area contributed by atoms with Crippen LogP contribution in [0.1, 0.15) is 72.7 Å². The first-order valence-corrected chi connectivity index (χ1v) is 10.5. The van der Waals surface area contributed by atoms with E-state index in [1.807, 2.05) is 6.92 Å². The van der Waals surface area contributed by atoms with Crippen molar-refractivity contribution in [3.8, 4) is 0 Å². The maximum atomic E-state index is 13.2. The SMILES string of the molecule is Cc1nc(C2CC2)ncc1C(=O)N1C[C@H]2CC[C@@H](C1)N(CC1CCC1)C2. The lowest BCUT2D eigenvalue weighted by atomic mass is 9.83. The van der Waals surface area contributed by atoms with Crippen LogP contribution in [0.25, 0.3) is 0 Å². The van der Waals surface area contributed by atoms with Gasteiger partial charge in [0.25, 0.3) is 5.91 Å². The predicted octanol–water partition coefficient (Wildman–Crippen LogP) is 3.00. The summed E-state index contributed by atoms with van der Waals surface area (Å²) in [5, 5.41) is 0. The van der Waals surface area contributed by atoms with Gasteiger partial charge in [0.05, 0.1) is 11.3 Å². The third-order valence-electron chi connectivity index (χ3n) is 7.00. The van der Waals surface area contributed by atoms with E-state index in [1.54, 1.807) is 6.20 Å². The van der Waals surface area contributed by atoms with Gasteiger partial charge in [-0.3, -0.25) is 9.69 Å². The van der Waals surface area contributed by atoms with Crippen molar-refractivity contribution in [2.24, 2.45) is 11.8 Å². The van der Waals surface area contributed by atoms with Crippen molar-refractivity contribution >= 4 is 5.91 Å². The van der Waals surface area contributed by atoms with Gasteiger partial charge in [-0.2, -0.15) is 0 Å². The van der Waals surface area contributed by atoms with Gasteiger partial charge < -0.3 is 4.90 Å². The van der Waals surface area contributed by atoms with Crippen molar-refractivity contribution in [3.63, 3.8) is 0 Å². The number of fused-ring (bicyclic) bond motifs is 4. The largest absolute Gasteiger partial charge is 0.337 e. The first-order chi connectivity index (χ1) is 12.7. The average molecular weight is 354 g/mol. The van der Waals surface area contributed by atoms with E-state index in [2.05, 4.69) is 19.8 Å². The minimum Gasteiger partial charge on any atom is -0.337 e. The lowest BCUT2D eigenvalue weighted by molar-refractivity contribution is 0.0715. The fraction of sp³-hybridized carbons (Fsp3) is 0.762. The molecule has 2 saturated carbocycles. The van der Waals surface area contributed by atoms with Crippen molar-refractivity contribution in [2.45, 2.75) is 63.8 Å². The zero-order chi connectivity index (χ0) is 17.7. The number of carbonyl (C=O) groups excluding carboxylic acids is 1. The first-order valence-electron chi connectivity index (χ1n) is 10.5. The molecule has 3 aliphatic heterocycles. The number of rotatable bonds is 4. The summed E-state index contributed by atoms with van der Waals surface area (Å²) in [7, 11) is 0. The molecule has 3 saturated heterocycles. The van der Waals surface area contributed by atoms with Crippen LogP contribution >= 0.6 is 0 Å². The summed E-state index contributed by atoms with van der Waals surface area (Å²) in [6.07, 6.45) is 10.9. The quantitative estimate of drug-likeness (QED) is 0.834. The van der Waals surface area contributed by atoms with Crippen LogP contribution in [0, 0.1) is 18.8 Å². The summed E-state index contributed by atoms with van der Waals surface area (Å²) in [5.41, 5.74) is 1.57. The molecule has 5 heteroatoms. The van der Waals surface area contributed by atoms with Crippen LogP contribution in [0.15, 0.2) is 6.20 Å². The Hall–Kier alpha value is -1.49. The molecule has 6 rings (SSSR count). The van der Waals surface area contributed by atoms with Crippen molar-refractivity contribution in [3.05, 3.63) is 23.3 Å². The summed E-state index contributed by atoms with van der Waals surface area (Å²) < 4.78 is 0. The van der Waals surface area contributed by atoms with E-state index in [1.165, 1.54) is 58.0 Å². The molecule has 5 fully saturated rings. The summed E-state index contributed by atoms with van der Waals surface area (Å²) in [4.78, 5) is 27.1. The molecule has 26 heavy (non-hydrogen) atoms. The van der Waals surface area contributed by atoms with Gasteiger partial charge in [0.2, 0.25) is 0 Å². The summed E-state index contributed by atoms with van der Waals surface area (Å²) >= 11 is 0. The number of aryl methyl sites for hydroxylation is 1. The van der Waals surface area contributed by atoms with E-state index >= 15 is 0 Å². The smallest absolute Gasteiger partial charge is 0.257 e. The topological polar surface area (TPSA) is 49.3 Å². The van der Waals surface area contributed by atoms with Gasteiger partial charge in [-0.1, -0.05) is 6.42 Å². The third-order valence-corrected chi connectivity index (χ3v) is 7.00. The van der Waals surface area contributed by atoms with Crippen molar-refractivity contribution < 1.29 is 4.79 Å². The molecule has 4 heterocycles. The highest BCUT2D eigenvalue weighted by atomic mass is 16.2. The molecule has 0 aromatic carbocycles. The Morgan fingerprint density at radius 2 is 1.96 bits per heavy atom. The second kappa shape index (κ2) is 6.59. The molecule has 5 nitrogen and oxygen atoms in total. The minimum atomic E-state index is 0.146. The zero-order valence-corrected chi connectivity index (χ0v) is 15.9. The number of amides is 1. The molecule has 0 radical (unpaired) electrons. The monoisotopic (exact) mass is 354 g/mol. The van der Waals surface area contributed by atoms with E-state index in [9.17, 15) is 4.79 Å². The Labute approximate surface area is 156 Å². The lowest BCUT2D eigenvalue weighted by Gasteiger charge is -2.40. The summed E-state index contributed by atoms with van der Waals surface area (Å²) in [5.74, 6) is 3.15. The number of aromatic nitrogens is 2. The van der Waals surface area contributed by atoms with Gasteiger partial charge in [-0.25, -0.2) is 9.97 Å². The van der Waals surface area contributed by atoms with Crippen molar-refractivity contribution in [2.75, 3.05) is 26.2 Å². The van der Waals surface area contributed by atoms with Gasteiger partial charge >= 0.3 is 0 Å². The maximum absolute atomic E-state index is 13.2. The van der Waals surface area contributed by atoms with Crippen LogP contribution in [0.5, 0.6) is 0 Å². The Bertz CT molecular complexity index is 697. The molecule has 2 bridgehead atoms. The Balaban J connectivity index is 1.31. The number of carbonyl (C=O) groups is 1. The molecule has 1 aromatic heterocycles. The predicted molar refractivity (Wildman–Crippen MR) is 100 cm³/mol. The molecule has 1 aromatic rings. The van der Waals surface area contributed by atoms with E-state index in [0.29, 0.717) is 23.4 Å². The molecule has 0 N–H and O–H groups in total. The highest BCUT2D eigenvalue weighted by molar-refractivity contribution is 5.95. The van der Waals surface area contributed by atoms with E-state index < -0.39 is 0 Å². The van der Waals surface area contributed by atoms with Crippen LogP contribution in [-0.4, -0.2) is 57.9 Å². The zero-order valence-electron chi connectivity index (χ0n) is 15.9. The first kappa shape index (κ1) is 16.7.